The van der Waals surface area contributed by atoms with Gasteiger partial charge in [0.15, 0.2) is 5.82 Å². The van der Waals surface area contributed by atoms with Crippen molar-refractivity contribution in [2.24, 2.45) is 16.8 Å². The summed E-state index contributed by atoms with van der Waals surface area (Å²) in [5.74, 6) is 1.05. The molecule has 1 aromatic heterocycles. The predicted molar refractivity (Wildman–Crippen MR) is 109 cm³/mol. The molecule has 0 spiro atoms. The lowest BCUT2D eigenvalue weighted by atomic mass is 10.1. The molecule has 0 bridgehead atoms. The number of hydrogen-bond donors (Lipinski definition) is 1. The van der Waals surface area contributed by atoms with Crippen LogP contribution in [0, 0.1) is 18.8 Å². The standard InChI is InChI=1S/C21H24F3N3O2S/c1-3-15-10-16(15)11-18(27-30(28,29)19-7-4-14(2)5-8-19)13-26-20-9-6-17(12-25-20)21(22,23)24/h4-9,12-13,15-16,18,27H,3,10-11H2,1-2H3. The fourth-order valence-corrected chi connectivity index (χ4v) is 4.53. The van der Waals surface area contributed by atoms with Crippen molar-refractivity contribution in [3.05, 3.63) is 53.7 Å². The van der Waals surface area contributed by atoms with Gasteiger partial charge in [-0.3, -0.25) is 0 Å². The Labute approximate surface area is 174 Å². The van der Waals surface area contributed by atoms with Crippen LogP contribution in [0.15, 0.2) is 52.5 Å². The van der Waals surface area contributed by atoms with Crippen molar-refractivity contribution in [2.75, 3.05) is 0 Å². The fraction of sp³-hybridized carbons (Fsp3) is 0.429. The average Bonchev–Trinajstić information content (AvgIpc) is 3.44. The van der Waals surface area contributed by atoms with E-state index in [1.54, 1.807) is 12.1 Å². The van der Waals surface area contributed by atoms with E-state index in [-0.39, 0.29) is 10.7 Å². The molecule has 3 atom stereocenters. The maximum Gasteiger partial charge on any atom is 0.417 e. The molecule has 30 heavy (non-hydrogen) atoms. The van der Waals surface area contributed by atoms with E-state index in [1.807, 2.05) is 6.92 Å². The second kappa shape index (κ2) is 8.85. The van der Waals surface area contributed by atoms with Gasteiger partial charge in [-0.05, 0) is 55.9 Å². The number of aromatic nitrogens is 1. The van der Waals surface area contributed by atoms with E-state index in [1.165, 1.54) is 18.3 Å². The first-order chi connectivity index (χ1) is 14.1. The SMILES string of the molecule is CCC1CC1CC(C=Nc1ccc(C(F)(F)F)cn1)NS(=O)(=O)c1ccc(C)cc1. The fourth-order valence-electron chi connectivity index (χ4n) is 3.35. The monoisotopic (exact) mass is 439 g/mol. The molecule has 9 heteroatoms. The first kappa shape index (κ1) is 22.4. The van der Waals surface area contributed by atoms with Crippen LogP contribution in [0.4, 0.5) is 19.0 Å². The Morgan fingerprint density at radius 1 is 1.20 bits per heavy atom. The molecular formula is C21H24F3N3O2S. The number of nitrogens with one attached hydrogen (secondary N) is 1. The lowest BCUT2D eigenvalue weighted by Gasteiger charge is -2.15. The molecule has 0 aliphatic heterocycles. The number of benzene rings is 1. The van der Waals surface area contributed by atoms with E-state index in [9.17, 15) is 21.6 Å². The van der Waals surface area contributed by atoms with Crippen LogP contribution in [0.1, 0.15) is 37.3 Å². The largest absolute Gasteiger partial charge is 0.417 e. The van der Waals surface area contributed by atoms with E-state index < -0.39 is 27.8 Å². The molecule has 1 N–H and O–H groups in total. The summed E-state index contributed by atoms with van der Waals surface area (Å²) >= 11 is 0. The first-order valence-corrected chi connectivity index (χ1v) is 11.2. The molecule has 1 aliphatic rings. The van der Waals surface area contributed by atoms with Gasteiger partial charge in [-0.2, -0.15) is 13.2 Å². The van der Waals surface area contributed by atoms with Crippen LogP contribution in [0.25, 0.3) is 0 Å². The van der Waals surface area contributed by atoms with Crippen LogP contribution in [0.3, 0.4) is 0 Å². The quantitative estimate of drug-likeness (QED) is 0.595. The molecule has 0 amide bonds. The molecule has 2 aromatic rings. The minimum atomic E-state index is -4.47. The zero-order valence-corrected chi connectivity index (χ0v) is 17.5. The second-order valence-electron chi connectivity index (χ2n) is 7.62. The highest BCUT2D eigenvalue weighted by molar-refractivity contribution is 7.89. The third-order valence-electron chi connectivity index (χ3n) is 5.25. The number of sulfonamides is 1. The van der Waals surface area contributed by atoms with Gasteiger partial charge in [0.2, 0.25) is 10.0 Å². The van der Waals surface area contributed by atoms with Crippen LogP contribution in [0.2, 0.25) is 0 Å². The van der Waals surface area contributed by atoms with Crippen molar-refractivity contribution in [1.29, 1.82) is 0 Å². The van der Waals surface area contributed by atoms with E-state index in [0.29, 0.717) is 24.5 Å². The Hall–Kier alpha value is -2.26. The first-order valence-electron chi connectivity index (χ1n) is 9.75. The van der Waals surface area contributed by atoms with Crippen molar-refractivity contribution in [1.82, 2.24) is 9.71 Å². The number of hydrogen-bond acceptors (Lipinski definition) is 4. The third kappa shape index (κ3) is 5.89. The van der Waals surface area contributed by atoms with Gasteiger partial charge in [0, 0.05) is 12.4 Å². The summed E-state index contributed by atoms with van der Waals surface area (Å²) in [6, 6.07) is 8.00. The van der Waals surface area contributed by atoms with Crippen molar-refractivity contribution in [3.63, 3.8) is 0 Å². The van der Waals surface area contributed by atoms with Gasteiger partial charge < -0.3 is 0 Å². The Bertz CT molecular complexity index is 988. The molecule has 1 aromatic carbocycles. The highest BCUT2D eigenvalue weighted by atomic mass is 32.2. The zero-order chi connectivity index (χ0) is 21.9. The predicted octanol–water partition coefficient (Wildman–Crippen LogP) is 4.89. The van der Waals surface area contributed by atoms with E-state index in [2.05, 4.69) is 21.6 Å². The van der Waals surface area contributed by atoms with Gasteiger partial charge in [0.25, 0.3) is 0 Å². The summed E-state index contributed by atoms with van der Waals surface area (Å²) in [5.41, 5.74) is 0.0889. The smallest absolute Gasteiger partial charge is 0.240 e. The number of rotatable bonds is 8. The van der Waals surface area contributed by atoms with E-state index >= 15 is 0 Å². The van der Waals surface area contributed by atoms with E-state index in [0.717, 1.165) is 30.5 Å². The molecule has 162 valence electrons. The van der Waals surface area contributed by atoms with Gasteiger partial charge in [-0.25, -0.2) is 23.1 Å². The minimum absolute atomic E-state index is 0.0883. The van der Waals surface area contributed by atoms with Crippen LogP contribution in [-0.2, 0) is 16.2 Å². The molecule has 0 saturated heterocycles. The lowest BCUT2D eigenvalue weighted by molar-refractivity contribution is -0.137. The molecular weight excluding hydrogens is 415 g/mol. The topological polar surface area (TPSA) is 71.4 Å². The van der Waals surface area contributed by atoms with Gasteiger partial charge in [0.1, 0.15) is 0 Å². The maximum atomic E-state index is 12.8. The van der Waals surface area contributed by atoms with Crippen molar-refractivity contribution in [2.45, 2.75) is 50.2 Å². The number of nitrogens with zero attached hydrogens (tertiary/aromatic N) is 2. The summed E-state index contributed by atoms with van der Waals surface area (Å²) in [7, 11) is -3.76. The Balaban J connectivity index is 1.76. The van der Waals surface area contributed by atoms with Crippen LogP contribution in [-0.4, -0.2) is 25.7 Å². The van der Waals surface area contributed by atoms with Crippen LogP contribution < -0.4 is 4.72 Å². The lowest BCUT2D eigenvalue weighted by Crippen LogP contribution is -2.36. The summed E-state index contributed by atoms with van der Waals surface area (Å²) in [5, 5.41) is 0. The molecule has 1 heterocycles. The van der Waals surface area contributed by atoms with Crippen molar-refractivity contribution in [3.8, 4) is 0 Å². The summed E-state index contributed by atoms with van der Waals surface area (Å²) in [6.45, 7) is 3.96. The number of aryl methyl sites for hydroxylation is 1. The zero-order valence-electron chi connectivity index (χ0n) is 16.7. The Kier molecular flexibility index (Phi) is 6.62. The normalized spacial score (nSPS) is 20.4. The number of aliphatic imine (C=N–C) groups is 1. The molecule has 1 fully saturated rings. The molecule has 0 radical (unpaired) electrons. The maximum absolute atomic E-state index is 12.8. The van der Waals surface area contributed by atoms with Gasteiger partial charge in [-0.15, -0.1) is 0 Å². The highest BCUT2D eigenvalue weighted by Gasteiger charge is 2.37. The van der Waals surface area contributed by atoms with Gasteiger partial charge in [-0.1, -0.05) is 31.0 Å². The summed E-state index contributed by atoms with van der Waals surface area (Å²) in [6.07, 6.45) is 0.306. The summed E-state index contributed by atoms with van der Waals surface area (Å²) < 4.78 is 66.2. The molecule has 3 unspecified atom stereocenters. The molecule has 3 rings (SSSR count). The van der Waals surface area contributed by atoms with Gasteiger partial charge in [0.05, 0.1) is 16.5 Å². The third-order valence-corrected chi connectivity index (χ3v) is 6.76. The Morgan fingerprint density at radius 2 is 1.90 bits per heavy atom. The average molecular weight is 440 g/mol. The number of pyridine rings is 1. The van der Waals surface area contributed by atoms with E-state index in [4.69, 9.17) is 0 Å². The number of halogens is 3. The number of alkyl halides is 3. The van der Waals surface area contributed by atoms with Crippen LogP contribution >= 0.6 is 0 Å². The summed E-state index contributed by atoms with van der Waals surface area (Å²) in [4.78, 5) is 7.99. The van der Waals surface area contributed by atoms with Crippen molar-refractivity contribution >= 4 is 22.1 Å². The minimum Gasteiger partial charge on any atom is -0.240 e. The Morgan fingerprint density at radius 3 is 2.43 bits per heavy atom. The molecule has 5 nitrogen and oxygen atoms in total. The second-order valence-corrected chi connectivity index (χ2v) is 9.34. The molecule has 1 saturated carbocycles. The molecule has 1 aliphatic carbocycles. The van der Waals surface area contributed by atoms with Crippen LogP contribution in [0.5, 0.6) is 0 Å². The van der Waals surface area contributed by atoms with Gasteiger partial charge >= 0.3 is 6.18 Å². The van der Waals surface area contributed by atoms with Crippen molar-refractivity contribution < 1.29 is 21.6 Å². The highest BCUT2D eigenvalue weighted by Crippen LogP contribution is 2.44.